The summed E-state index contributed by atoms with van der Waals surface area (Å²) >= 11 is 7.77. The van der Waals surface area contributed by atoms with E-state index >= 15 is 0 Å². The molecule has 4 heterocycles. The predicted octanol–water partition coefficient (Wildman–Crippen LogP) is 3.24. The molecule has 3 atom stereocenters. The van der Waals surface area contributed by atoms with Gasteiger partial charge < -0.3 is 9.47 Å². The van der Waals surface area contributed by atoms with Crippen LogP contribution in [-0.4, -0.2) is 61.3 Å². The minimum absolute atomic E-state index is 0.0618. The highest BCUT2D eigenvalue weighted by molar-refractivity contribution is 7.90. The van der Waals surface area contributed by atoms with Crippen LogP contribution in [0.2, 0.25) is 4.34 Å². The second-order valence-electron chi connectivity index (χ2n) is 8.26. The van der Waals surface area contributed by atoms with Gasteiger partial charge in [-0.2, -0.15) is 5.10 Å². The van der Waals surface area contributed by atoms with Gasteiger partial charge in [-0.15, -0.1) is 11.3 Å². The Balaban J connectivity index is 1.44. The molecule has 2 aromatic rings. The van der Waals surface area contributed by atoms with Gasteiger partial charge in [-0.05, 0) is 25.8 Å². The van der Waals surface area contributed by atoms with Gasteiger partial charge >= 0.3 is 0 Å². The maximum absolute atomic E-state index is 11.4. The summed E-state index contributed by atoms with van der Waals surface area (Å²) in [5, 5.41) is 4.29. The number of halogens is 1. The summed E-state index contributed by atoms with van der Waals surface area (Å²) in [7, 11) is -5.54. The average Bonchev–Trinajstić information content (AvgIpc) is 3.30. The lowest BCUT2D eigenvalue weighted by atomic mass is 9.81. The maximum Gasteiger partial charge on any atom is 0.149 e. The molecule has 1 fully saturated rings. The van der Waals surface area contributed by atoms with E-state index in [-0.39, 0.29) is 18.4 Å². The number of piperidine rings is 1. The third-order valence-electron chi connectivity index (χ3n) is 5.96. The summed E-state index contributed by atoms with van der Waals surface area (Å²) in [5.41, 5.74) is 1.35. The predicted molar refractivity (Wildman–Crippen MR) is 118 cm³/mol. The Morgan fingerprint density at radius 1 is 1.53 bits per heavy atom. The highest BCUT2D eigenvalue weighted by atomic mass is 35.5. The lowest BCUT2D eigenvalue weighted by molar-refractivity contribution is -0.144. The van der Waals surface area contributed by atoms with Gasteiger partial charge in [0.1, 0.15) is 21.5 Å². The van der Waals surface area contributed by atoms with Crippen LogP contribution in [0.15, 0.2) is 18.5 Å². The number of aryl methyl sites for hydroxylation is 1. The Bertz CT molecular complexity index is 1100. The standard InChI is InChI=1S/C20H28ClN3O4S2/c1-14-9-20(19-16(8-18(21)29-19)17(27-2)13-28-20)4-5-23(14)11-15-10-22-24(12-15)6-7-30(3,25)26/h8,10,12,14,17H,4-7,9,11,13H2,1-3H3/t14-,17?,20+/m0/s1/i2D3. The lowest BCUT2D eigenvalue weighted by Crippen LogP contribution is -2.50. The fraction of sp³-hybridized carbons (Fsp3) is 0.650. The SMILES string of the molecule is [2H]C([2H])([2H])OC1CO[C@@]2(CCN(Cc3cnn(CCS(C)(=O)=O)c3)[C@@H](C)C2)c2sc(Cl)cc21. The molecule has 0 amide bonds. The molecule has 0 radical (unpaired) electrons. The van der Waals surface area contributed by atoms with E-state index in [1.807, 2.05) is 12.3 Å². The van der Waals surface area contributed by atoms with Crippen LogP contribution in [0.5, 0.6) is 0 Å². The number of thiophene rings is 1. The van der Waals surface area contributed by atoms with Crippen LogP contribution in [-0.2, 0) is 38.0 Å². The third-order valence-corrected chi connectivity index (χ3v) is 8.35. The molecule has 1 unspecified atom stereocenters. The minimum Gasteiger partial charge on any atom is -0.374 e. The average molecular weight is 477 g/mol. The molecule has 4 rings (SSSR count). The summed E-state index contributed by atoms with van der Waals surface area (Å²) in [5.74, 6) is 0.0618. The number of aromatic nitrogens is 2. The van der Waals surface area contributed by atoms with Crippen LogP contribution in [0.25, 0.3) is 0 Å². The number of nitrogens with zero attached hydrogens (tertiary/aromatic N) is 3. The number of hydrogen-bond acceptors (Lipinski definition) is 7. The van der Waals surface area contributed by atoms with Crippen molar-refractivity contribution in [3.05, 3.63) is 38.8 Å². The molecule has 0 aliphatic carbocycles. The molecule has 30 heavy (non-hydrogen) atoms. The molecule has 2 aliphatic rings. The first-order valence-electron chi connectivity index (χ1n) is 11.4. The topological polar surface area (TPSA) is 73.7 Å². The van der Waals surface area contributed by atoms with E-state index in [1.165, 1.54) is 17.6 Å². The van der Waals surface area contributed by atoms with Crippen LogP contribution >= 0.6 is 22.9 Å². The Morgan fingerprint density at radius 3 is 3.10 bits per heavy atom. The number of sulfone groups is 1. The number of hydrogen-bond donors (Lipinski definition) is 0. The van der Waals surface area contributed by atoms with Crippen LogP contribution < -0.4 is 0 Å². The van der Waals surface area contributed by atoms with Crippen LogP contribution in [0, 0.1) is 0 Å². The molecule has 166 valence electrons. The van der Waals surface area contributed by atoms with E-state index < -0.39 is 28.6 Å². The lowest BCUT2D eigenvalue weighted by Gasteiger charge is -2.48. The number of methoxy groups -OCH3 is 1. The monoisotopic (exact) mass is 476 g/mol. The van der Waals surface area contributed by atoms with Crippen LogP contribution in [0.1, 0.15) is 46.0 Å². The molecule has 1 saturated heterocycles. The van der Waals surface area contributed by atoms with Crippen molar-refractivity contribution >= 4 is 32.8 Å². The molecular formula is C20H28ClN3O4S2. The van der Waals surface area contributed by atoms with E-state index in [1.54, 1.807) is 10.9 Å². The summed E-state index contributed by atoms with van der Waals surface area (Å²) in [6, 6.07) is 2.01. The second kappa shape index (κ2) is 8.52. The van der Waals surface area contributed by atoms with Crippen LogP contribution in [0.4, 0.5) is 0 Å². The van der Waals surface area contributed by atoms with Gasteiger partial charge in [0, 0.05) is 54.6 Å². The van der Waals surface area contributed by atoms with E-state index in [0.717, 1.165) is 35.4 Å². The van der Waals surface area contributed by atoms with Gasteiger partial charge in [0.2, 0.25) is 0 Å². The molecule has 2 aliphatic heterocycles. The molecule has 10 heteroatoms. The van der Waals surface area contributed by atoms with Gasteiger partial charge in [-0.3, -0.25) is 9.58 Å². The Labute approximate surface area is 191 Å². The smallest absolute Gasteiger partial charge is 0.149 e. The molecule has 0 saturated carbocycles. The van der Waals surface area contributed by atoms with Crippen molar-refractivity contribution in [3.8, 4) is 0 Å². The summed E-state index contributed by atoms with van der Waals surface area (Å²) < 4.78 is 59.0. The molecular weight excluding hydrogens is 446 g/mol. The Kier molecular flexibility index (Phi) is 5.28. The van der Waals surface area contributed by atoms with Gasteiger partial charge in [-0.1, -0.05) is 11.6 Å². The zero-order chi connectivity index (χ0) is 24.0. The first kappa shape index (κ1) is 18.6. The third kappa shape index (κ3) is 4.61. The number of ether oxygens (including phenoxy) is 2. The zero-order valence-corrected chi connectivity index (χ0v) is 19.4. The summed E-state index contributed by atoms with van der Waals surface area (Å²) in [4.78, 5) is 3.32. The van der Waals surface area contributed by atoms with E-state index in [2.05, 4.69) is 16.9 Å². The molecule has 2 aromatic heterocycles. The summed E-state index contributed by atoms with van der Waals surface area (Å²) in [6.45, 7) is 4.16. The number of rotatable bonds is 6. The van der Waals surface area contributed by atoms with Crippen molar-refractivity contribution in [1.29, 1.82) is 0 Å². The molecule has 7 nitrogen and oxygen atoms in total. The first-order chi connectivity index (χ1) is 15.3. The van der Waals surface area contributed by atoms with Crippen molar-refractivity contribution < 1.29 is 22.0 Å². The maximum atomic E-state index is 11.4. The Morgan fingerprint density at radius 2 is 2.37 bits per heavy atom. The van der Waals surface area contributed by atoms with Gasteiger partial charge in [0.15, 0.2) is 0 Å². The minimum atomic E-state index is -3.04. The van der Waals surface area contributed by atoms with Gasteiger partial charge in [0.05, 0.1) is 33.5 Å². The van der Waals surface area contributed by atoms with Crippen molar-refractivity contribution in [3.63, 3.8) is 0 Å². The quantitative estimate of drug-likeness (QED) is 0.637. The largest absolute Gasteiger partial charge is 0.374 e. The van der Waals surface area contributed by atoms with Crippen molar-refractivity contribution in [2.45, 2.75) is 50.6 Å². The van der Waals surface area contributed by atoms with Crippen molar-refractivity contribution in [2.24, 2.45) is 0 Å². The first-order valence-corrected chi connectivity index (χ1v) is 13.1. The normalized spacial score (nSPS) is 29.4. The van der Waals surface area contributed by atoms with E-state index in [9.17, 15) is 8.42 Å². The molecule has 1 spiro atoms. The highest BCUT2D eigenvalue weighted by Gasteiger charge is 2.47. The zero-order valence-electron chi connectivity index (χ0n) is 20.0. The fourth-order valence-corrected chi connectivity index (χ4v) is 6.37. The Hall–Kier alpha value is -0.970. The molecule has 0 aromatic carbocycles. The van der Waals surface area contributed by atoms with Gasteiger partial charge in [-0.25, -0.2) is 8.42 Å². The van der Waals surface area contributed by atoms with Crippen LogP contribution in [0.3, 0.4) is 0 Å². The van der Waals surface area contributed by atoms with E-state index in [4.69, 9.17) is 25.2 Å². The van der Waals surface area contributed by atoms with Gasteiger partial charge in [0.25, 0.3) is 0 Å². The molecule has 0 bridgehead atoms. The van der Waals surface area contributed by atoms with Crippen molar-refractivity contribution in [1.82, 2.24) is 14.7 Å². The highest BCUT2D eigenvalue weighted by Crippen LogP contribution is 2.50. The molecule has 0 N–H and O–H groups in total. The number of likely N-dealkylation sites (tertiary alicyclic amines) is 1. The fourth-order valence-electron chi connectivity index (χ4n) is 4.39. The number of fused-ring (bicyclic) bond motifs is 2. The van der Waals surface area contributed by atoms with E-state index in [0.29, 0.717) is 17.4 Å². The van der Waals surface area contributed by atoms with Crippen molar-refractivity contribution in [2.75, 3.05) is 32.2 Å². The second-order valence-corrected chi connectivity index (χ2v) is 12.2. The summed E-state index contributed by atoms with van der Waals surface area (Å²) in [6.07, 6.45) is 5.74.